The Kier molecular flexibility index (Phi) is 2.23. The summed E-state index contributed by atoms with van der Waals surface area (Å²) in [5.41, 5.74) is 2.36. The van der Waals surface area contributed by atoms with Crippen molar-refractivity contribution in [1.82, 2.24) is 9.55 Å². The maximum atomic E-state index is 9.87. The van der Waals surface area contributed by atoms with E-state index in [1.807, 2.05) is 35.9 Å². The van der Waals surface area contributed by atoms with E-state index in [-0.39, 0.29) is 11.5 Å². The Balaban J connectivity index is 2.31. The van der Waals surface area contributed by atoms with Crippen LogP contribution < -0.4 is 0 Å². The summed E-state index contributed by atoms with van der Waals surface area (Å²) in [6.45, 7) is 0. The largest absolute Gasteiger partial charge is 0.508 e. The molecule has 0 saturated carbocycles. The maximum Gasteiger partial charge on any atom is 0.144 e. The lowest BCUT2D eigenvalue weighted by Crippen LogP contribution is -1.92. The molecule has 2 aromatic carbocycles. The van der Waals surface area contributed by atoms with Crippen molar-refractivity contribution >= 4 is 11.0 Å². The van der Waals surface area contributed by atoms with Crippen LogP contribution in [0.1, 0.15) is 0 Å². The summed E-state index contributed by atoms with van der Waals surface area (Å²) >= 11 is 0. The first-order chi connectivity index (χ1) is 8.66. The summed E-state index contributed by atoms with van der Waals surface area (Å²) in [6.07, 6.45) is 0. The molecule has 3 rings (SSSR count). The van der Waals surface area contributed by atoms with Crippen molar-refractivity contribution < 1.29 is 10.2 Å². The van der Waals surface area contributed by atoms with Crippen LogP contribution in [0.5, 0.6) is 11.5 Å². The lowest BCUT2D eigenvalue weighted by molar-refractivity contribution is 0.461. The molecule has 0 spiro atoms. The van der Waals surface area contributed by atoms with Crippen molar-refractivity contribution in [3.8, 4) is 22.9 Å². The van der Waals surface area contributed by atoms with E-state index >= 15 is 0 Å². The van der Waals surface area contributed by atoms with Gasteiger partial charge in [0.2, 0.25) is 0 Å². The first kappa shape index (κ1) is 10.7. The monoisotopic (exact) mass is 240 g/mol. The minimum atomic E-state index is 0.103. The van der Waals surface area contributed by atoms with Gasteiger partial charge in [-0.05, 0) is 30.3 Å². The highest BCUT2D eigenvalue weighted by Gasteiger charge is 2.13. The van der Waals surface area contributed by atoms with Crippen LogP contribution in [0.2, 0.25) is 0 Å². The fourth-order valence-electron chi connectivity index (χ4n) is 2.09. The minimum Gasteiger partial charge on any atom is -0.508 e. The fourth-order valence-corrected chi connectivity index (χ4v) is 2.09. The molecule has 90 valence electrons. The predicted octanol–water partition coefficient (Wildman–Crippen LogP) is 2.65. The second-order valence-electron chi connectivity index (χ2n) is 4.18. The summed E-state index contributed by atoms with van der Waals surface area (Å²) in [5, 5.41) is 19.4. The molecule has 3 aromatic rings. The number of fused-ring (bicyclic) bond motifs is 1. The molecule has 0 bridgehead atoms. The van der Waals surface area contributed by atoms with Crippen molar-refractivity contribution in [3.63, 3.8) is 0 Å². The number of hydrogen-bond donors (Lipinski definition) is 2. The Bertz CT molecular complexity index is 732. The average molecular weight is 240 g/mol. The molecular weight excluding hydrogens is 228 g/mol. The van der Waals surface area contributed by atoms with Gasteiger partial charge in [0.25, 0.3) is 0 Å². The normalized spacial score (nSPS) is 10.9. The van der Waals surface area contributed by atoms with E-state index in [4.69, 9.17) is 0 Å². The topological polar surface area (TPSA) is 58.3 Å². The highest BCUT2D eigenvalue weighted by atomic mass is 16.3. The van der Waals surface area contributed by atoms with Gasteiger partial charge in [0.1, 0.15) is 17.3 Å². The highest BCUT2D eigenvalue weighted by molar-refractivity contribution is 5.82. The van der Waals surface area contributed by atoms with Gasteiger partial charge in [-0.25, -0.2) is 4.98 Å². The number of aryl methyl sites for hydroxylation is 1. The third kappa shape index (κ3) is 1.50. The molecule has 0 amide bonds. The van der Waals surface area contributed by atoms with Crippen molar-refractivity contribution in [2.75, 3.05) is 0 Å². The lowest BCUT2D eigenvalue weighted by Gasteiger charge is -2.05. The first-order valence-corrected chi connectivity index (χ1v) is 5.60. The van der Waals surface area contributed by atoms with Gasteiger partial charge in [0, 0.05) is 7.05 Å². The number of phenols is 2. The van der Waals surface area contributed by atoms with E-state index in [2.05, 4.69) is 4.98 Å². The summed E-state index contributed by atoms with van der Waals surface area (Å²) in [7, 11) is 1.88. The van der Waals surface area contributed by atoms with Gasteiger partial charge in [-0.15, -0.1) is 0 Å². The van der Waals surface area contributed by atoms with Gasteiger partial charge in [-0.1, -0.05) is 12.1 Å². The maximum absolute atomic E-state index is 9.87. The van der Waals surface area contributed by atoms with E-state index in [9.17, 15) is 10.2 Å². The number of benzene rings is 2. The molecule has 0 fully saturated rings. The quantitative estimate of drug-likeness (QED) is 0.643. The molecule has 18 heavy (non-hydrogen) atoms. The van der Waals surface area contributed by atoms with Crippen LogP contribution >= 0.6 is 0 Å². The van der Waals surface area contributed by atoms with E-state index < -0.39 is 0 Å². The van der Waals surface area contributed by atoms with Crippen molar-refractivity contribution in [2.24, 2.45) is 7.05 Å². The summed E-state index contributed by atoms with van der Waals surface area (Å²) in [4.78, 5) is 4.48. The van der Waals surface area contributed by atoms with Crippen LogP contribution in [-0.2, 0) is 7.05 Å². The van der Waals surface area contributed by atoms with Crippen molar-refractivity contribution in [1.29, 1.82) is 0 Å². The van der Waals surface area contributed by atoms with Gasteiger partial charge in [-0.2, -0.15) is 0 Å². The van der Waals surface area contributed by atoms with Crippen LogP contribution in [-0.4, -0.2) is 19.8 Å². The van der Waals surface area contributed by atoms with Crippen LogP contribution in [0, 0.1) is 0 Å². The number of nitrogens with zero attached hydrogens (tertiary/aromatic N) is 2. The zero-order valence-electron chi connectivity index (χ0n) is 9.83. The minimum absolute atomic E-state index is 0.103. The van der Waals surface area contributed by atoms with Gasteiger partial charge < -0.3 is 14.8 Å². The number of phenolic OH excluding ortho intramolecular Hbond substituents is 2. The van der Waals surface area contributed by atoms with Gasteiger partial charge in [0.15, 0.2) is 0 Å². The van der Waals surface area contributed by atoms with E-state index in [1.165, 1.54) is 18.2 Å². The summed E-state index contributed by atoms with van der Waals surface area (Å²) < 4.78 is 1.89. The van der Waals surface area contributed by atoms with Crippen LogP contribution in [0.25, 0.3) is 22.4 Å². The molecule has 2 N–H and O–H groups in total. The molecule has 1 heterocycles. The number of aromatic hydroxyl groups is 2. The van der Waals surface area contributed by atoms with Crippen molar-refractivity contribution in [2.45, 2.75) is 0 Å². The van der Waals surface area contributed by atoms with Crippen LogP contribution in [0.4, 0.5) is 0 Å². The zero-order chi connectivity index (χ0) is 12.7. The summed E-state index contributed by atoms with van der Waals surface area (Å²) in [6, 6.07) is 12.2. The number of aromatic nitrogens is 2. The third-order valence-corrected chi connectivity index (χ3v) is 3.01. The van der Waals surface area contributed by atoms with Gasteiger partial charge >= 0.3 is 0 Å². The second kappa shape index (κ2) is 3.77. The molecule has 0 atom stereocenters. The Morgan fingerprint density at radius 1 is 1.06 bits per heavy atom. The number of rotatable bonds is 1. The molecule has 0 aliphatic carbocycles. The van der Waals surface area contributed by atoms with Crippen molar-refractivity contribution in [3.05, 3.63) is 42.5 Å². The zero-order valence-corrected chi connectivity index (χ0v) is 9.83. The second-order valence-corrected chi connectivity index (χ2v) is 4.18. The summed E-state index contributed by atoms with van der Waals surface area (Å²) in [5.74, 6) is 0.839. The SMILES string of the molecule is Cn1c(-c2cc(O)ccc2O)nc2ccccc21. The highest BCUT2D eigenvalue weighted by Crippen LogP contribution is 2.32. The third-order valence-electron chi connectivity index (χ3n) is 3.01. The molecule has 4 nitrogen and oxygen atoms in total. The predicted molar refractivity (Wildman–Crippen MR) is 69.5 cm³/mol. The molecular formula is C14H12N2O2. The van der Waals surface area contributed by atoms with E-state index in [0.29, 0.717) is 11.4 Å². The van der Waals surface area contributed by atoms with Gasteiger partial charge in [-0.3, -0.25) is 0 Å². The number of hydrogen-bond acceptors (Lipinski definition) is 3. The molecule has 0 saturated heterocycles. The van der Waals surface area contributed by atoms with Crippen LogP contribution in [0.15, 0.2) is 42.5 Å². The average Bonchev–Trinajstić information content (AvgIpc) is 2.71. The fraction of sp³-hybridized carbons (Fsp3) is 0.0714. The Morgan fingerprint density at radius 3 is 2.61 bits per heavy atom. The molecule has 1 aromatic heterocycles. The molecule has 4 heteroatoms. The molecule has 0 aliphatic rings. The van der Waals surface area contributed by atoms with Crippen LogP contribution in [0.3, 0.4) is 0 Å². The molecule has 0 radical (unpaired) electrons. The van der Waals surface area contributed by atoms with Gasteiger partial charge in [0.05, 0.1) is 16.6 Å². The Labute approximate surface area is 104 Å². The lowest BCUT2D eigenvalue weighted by atomic mass is 10.2. The smallest absolute Gasteiger partial charge is 0.144 e. The number of imidazole rings is 1. The Morgan fingerprint density at radius 2 is 1.83 bits per heavy atom. The number of para-hydroxylation sites is 2. The van der Waals surface area contributed by atoms with E-state index in [1.54, 1.807) is 0 Å². The Hall–Kier alpha value is -2.49. The van der Waals surface area contributed by atoms with E-state index in [0.717, 1.165) is 11.0 Å². The standard InChI is InChI=1S/C14H12N2O2/c1-16-12-5-3-2-4-11(12)15-14(16)10-8-9(17)6-7-13(10)18/h2-8,17-18H,1H3. The molecule has 0 aliphatic heterocycles. The first-order valence-electron chi connectivity index (χ1n) is 5.60. The molecule has 0 unspecified atom stereocenters.